The quantitative estimate of drug-likeness (QED) is 0.688. The van der Waals surface area contributed by atoms with Gasteiger partial charge in [0.1, 0.15) is 0 Å². The molecule has 0 aromatic heterocycles. The Hall–Kier alpha value is -1.08. The maximum Gasteiger partial charge on any atom is 0.0819 e. The van der Waals surface area contributed by atoms with Crippen LogP contribution in [0.5, 0.6) is 0 Å². The van der Waals surface area contributed by atoms with Gasteiger partial charge in [0.2, 0.25) is 0 Å². The van der Waals surface area contributed by atoms with Crippen LogP contribution in [0.2, 0.25) is 0 Å². The van der Waals surface area contributed by atoms with Crippen molar-refractivity contribution < 1.29 is 4.74 Å². The predicted molar refractivity (Wildman–Crippen MR) is 68.3 cm³/mol. The number of hydrogen-bond donors (Lipinski definition) is 0. The third-order valence-electron chi connectivity index (χ3n) is 2.82. The summed E-state index contributed by atoms with van der Waals surface area (Å²) >= 11 is 0. The van der Waals surface area contributed by atoms with Gasteiger partial charge in [-0.05, 0) is 44.9 Å². The number of rotatable bonds is 1. The molecule has 1 aromatic carbocycles. The van der Waals surface area contributed by atoms with Crippen molar-refractivity contribution in [3.63, 3.8) is 0 Å². The monoisotopic (exact) mass is 216 g/mol. The summed E-state index contributed by atoms with van der Waals surface area (Å²) in [4.78, 5) is 0. The van der Waals surface area contributed by atoms with E-state index in [0.717, 1.165) is 6.42 Å². The van der Waals surface area contributed by atoms with Crippen LogP contribution < -0.4 is 0 Å². The maximum atomic E-state index is 6.04. The topological polar surface area (TPSA) is 9.23 Å². The molecule has 1 aliphatic heterocycles. The Balaban J connectivity index is 2.38. The van der Waals surface area contributed by atoms with Crippen LogP contribution >= 0.6 is 0 Å². The molecule has 0 aliphatic carbocycles. The van der Waals surface area contributed by atoms with Gasteiger partial charge in [-0.25, -0.2) is 0 Å². The molecule has 86 valence electrons. The largest absolute Gasteiger partial charge is 0.365 e. The molecule has 0 unspecified atom stereocenters. The first-order valence-electron chi connectivity index (χ1n) is 5.85. The van der Waals surface area contributed by atoms with Crippen LogP contribution in [0.15, 0.2) is 36.4 Å². The minimum absolute atomic E-state index is 0.0799. The Morgan fingerprint density at radius 3 is 2.19 bits per heavy atom. The van der Waals surface area contributed by atoms with Crippen LogP contribution in [0, 0.1) is 0 Å². The van der Waals surface area contributed by atoms with E-state index in [4.69, 9.17) is 4.74 Å². The van der Waals surface area contributed by atoms with Crippen molar-refractivity contribution >= 4 is 5.57 Å². The Morgan fingerprint density at radius 2 is 1.62 bits per heavy atom. The summed E-state index contributed by atoms with van der Waals surface area (Å²) in [5.74, 6) is 0. The Morgan fingerprint density at radius 1 is 1.00 bits per heavy atom. The van der Waals surface area contributed by atoms with Crippen LogP contribution in [0.25, 0.3) is 5.57 Å². The van der Waals surface area contributed by atoms with Crippen molar-refractivity contribution in [2.45, 2.75) is 45.3 Å². The van der Waals surface area contributed by atoms with Crippen LogP contribution in [0.3, 0.4) is 0 Å². The van der Waals surface area contributed by atoms with Gasteiger partial charge >= 0.3 is 0 Å². The number of ether oxygens (including phenoxy) is 1. The molecule has 1 nitrogen and oxygen atoms in total. The molecule has 0 N–H and O–H groups in total. The predicted octanol–water partition coefficient (Wildman–Crippen LogP) is 4.05. The fourth-order valence-corrected chi connectivity index (χ4v) is 2.54. The molecule has 1 heterocycles. The van der Waals surface area contributed by atoms with Gasteiger partial charge in [-0.15, -0.1) is 0 Å². The third kappa shape index (κ3) is 2.53. The molecular formula is C15H20O. The molecule has 0 saturated carbocycles. The zero-order chi connectivity index (χ0) is 11.8. The van der Waals surface area contributed by atoms with E-state index in [9.17, 15) is 0 Å². The summed E-state index contributed by atoms with van der Waals surface area (Å²) in [7, 11) is 0. The standard InChI is InChI=1S/C15H20O/c1-14(2)10-13(11-15(3,4)16-14)12-8-6-5-7-9-12/h5-10H,11H2,1-4H3. The molecule has 0 fully saturated rings. The normalized spacial score (nSPS) is 22.6. The van der Waals surface area contributed by atoms with Crippen molar-refractivity contribution in [3.05, 3.63) is 42.0 Å². The maximum absolute atomic E-state index is 6.04. The summed E-state index contributed by atoms with van der Waals surface area (Å²) in [5.41, 5.74) is 2.45. The van der Waals surface area contributed by atoms with Crippen molar-refractivity contribution in [1.82, 2.24) is 0 Å². The van der Waals surface area contributed by atoms with E-state index in [0.29, 0.717) is 0 Å². The van der Waals surface area contributed by atoms with E-state index < -0.39 is 0 Å². The number of benzene rings is 1. The second-order valence-electron chi connectivity index (χ2n) is 5.68. The van der Waals surface area contributed by atoms with Gasteiger partial charge in [0.25, 0.3) is 0 Å². The summed E-state index contributed by atoms with van der Waals surface area (Å²) in [6.07, 6.45) is 3.22. The molecule has 1 heteroatoms. The molecule has 2 rings (SSSR count). The van der Waals surface area contributed by atoms with Crippen LogP contribution in [0.1, 0.15) is 39.7 Å². The highest BCUT2D eigenvalue weighted by Gasteiger charge is 2.33. The van der Waals surface area contributed by atoms with Crippen molar-refractivity contribution in [2.75, 3.05) is 0 Å². The van der Waals surface area contributed by atoms with E-state index >= 15 is 0 Å². The molecule has 0 amide bonds. The van der Waals surface area contributed by atoms with E-state index in [-0.39, 0.29) is 11.2 Å². The number of hydrogen-bond acceptors (Lipinski definition) is 1. The Kier molecular flexibility index (Phi) is 2.67. The Labute approximate surface area is 98.1 Å². The molecule has 0 bridgehead atoms. The summed E-state index contributed by atoms with van der Waals surface area (Å²) < 4.78 is 6.04. The van der Waals surface area contributed by atoms with Gasteiger partial charge in [0, 0.05) is 6.42 Å². The first-order valence-corrected chi connectivity index (χ1v) is 5.85. The SMILES string of the molecule is CC1(C)C=C(c2ccccc2)CC(C)(C)O1. The second kappa shape index (κ2) is 3.74. The van der Waals surface area contributed by atoms with Gasteiger partial charge < -0.3 is 4.74 Å². The lowest BCUT2D eigenvalue weighted by atomic mass is 9.86. The van der Waals surface area contributed by atoms with E-state index in [2.05, 4.69) is 64.1 Å². The summed E-state index contributed by atoms with van der Waals surface area (Å²) in [5, 5.41) is 0. The van der Waals surface area contributed by atoms with Crippen LogP contribution in [-0.4, -0.2) is 11.2 Å². The average molecular weight is 216 g/mol. The van der Waals surface area contributed by atoms with Gasteiger partial charge in [0.05, 0.1) is 11.2 Å². The highest BCUT2D eigenvalue weighted by atomic mass is 16.5. The van der Waals surface area contributed by atoms with Crippen LogP contribution in [-0.2, 0) is 4.74 Å². The first-order chi connectivity index (χ1) is 7.38. The van der Waals surface area contributed by atoms with Gasteiger partial charge in [-0.2, -0.15) is 0 Å². The molecule has 1 aliphatic rings. The minimum atomic E-state index is -0.174. The summed E-state index contributed by atoms with van der Waals surface area (Å²) in [6, 6.07) is 10.6. The van der Waals surface area contributed by atoms with Crippen molar-refractivity contribution in [1.29, 1.82) is 0 Å². The highest BCUT2D eigenvalue weighted by molar-refractivity contribution is 5.68. The molecular weight excluding hydrogens is 196 g/mol. The fourth-order valence-electron chi connectivity index (χ4n) is 2.54. The molecule has 0 atom stereocenters. The van der Waals surface area contributed by atoms with Gasteiger partial charge in [-0.3, -0.25) is 0 Å². The lowest BCUT2D eigenvalue weighted by Gasteiger charge is -2.40. The minimum Gasteiger partial charge on any atom is -0.365 e. The van der Waals surface area contributed by atoms with Crippen LogP contribution in [0.4, 0.5) is 0 Å². The molecule has 0 saturated heterocycles. The average Bonchev–Trinajstić information content (AvgIpc) is 2.14. The molecule has 1 aromatic rings. The van der Waals surface area contributed by atoms with Gasteiger partial charge in [0.15, 0.2) is 0 Å². The fraction of sp³-hybridized carbons (Fsp3) is 0.467. The zero-order valence-electron chi connectivity index (χ0n) is 10.6. The lowest BCUT2D eigenvalue weighted by molar-refractivity contribution is -0.100. The Bertz CT molecular complexity index is 399. The smallest absolute Gasteiger partial charge is 0.0819 e. The molecule has 16 heavy (non-hydrogen) atoms. The van der Waals surface area contributed by atoms with Gasteiger partial charge in [-0.1, -0.05) is 30.3 Å². The second-order valence-corrected chi connectivity index (χ2v) is 5.68. The van der Waals surface area contributed by atoms with Crippen molar-refractivity contribution in [3.8, 4) is 0 Å². The van der Waals surface area contributed by atoms with E-state index in [1.54, 1.807) is 0 Å². The molecule has 0 spiro atoms. The third-order valence-corrected chi connectivity index (χ3v) is 2.82. The van der Waals surface area contributed by atoms with E-state index in [1.807, 2.05) is 0 Å². The first kappa shape index (κ1) is 11.4. The van der Waals surface area contributed by atoms with E-state index in [1.165, 1.54) is 11.1 Å². The summed E-state index contributed by atoms with van der Waals surface area (Å²) in [6.45, 7) is 8.56. The van der Waals surface area contributed by atoms with Crippen molar-refractivity contribution in [2.24, 2.45) is 0 Å². The molecule has 0 radical (unpaired) electrons. The zero-order valence-corrected chi connectivity index (χ0v) is 10.6. The lowest BCUT2D eigenvalue weighted by Crippen LogP contribution is -2.39. The highest BCUT2D eigenvalue weighted by Crippen LogP contribution is 2.37.